The maximum Gasteiger partial charge on any atom is 0.393 e. The van der Waals surface area contributed by atoms with E-state index in [0.717, 1.165) is 31.9 Å². The van der Waals surface area contributed by atoms with Gasteiger partial charge in [-0.2, -0.15) is 13.2 Å². The van der Waals surface area contributed by atoms with Crippen molar-refractivity contribution in [1.29, 1.82) is 0 Å². The summed E-state index contributed by atoms with van der Waals surface area (Å²) >= 11 is 0. The normalized spacial score (nSPS) is 17.2. The van der Waals surface area contributed by atoms with E-state index in [1.165, 1.54) is 0 Å². The van der Waals surface area contributed by atoms with Crippen LogP contribution < -0.4 is 10.2 Å². The lowest BCUT2D eigenvalue weighted by Crippen LogP contribution is -2.43. The van der Waals surface area contributed by atoms with E-state index in [4.69, 9.17) is 0 Å². The number of nitrogens with zero attached hydrogens (tertiary/aromatic N) is 1. The second-order valence-electron chi connectivity index (χ2n) is 4.20. The van der Waals surface area contributed by atoms with Crippen LogP contribution in [0, 0.1) is 0 Å². The number of hydrogen-bond donors (Lipinski definition) is 1. The van der Waals surface area contributed by atoms with Crippen molar-refractivity contribution in [2.24, 2.45) is 0 Å². The number of alkyl halides is 3. The predicted molar refractivity (Wildman–Crippen MR) is 61.3 cm³/mol. The summed E-state index contributed by atoms with van der Waals surface area (Å²) in [6, 6.07) is 6.66. The number of benzene rings is 1. The molecular weight excluding hydrogens is 229 g/mol. The van der Waals surface area contributed by atoms with Gasteiger partial charge in [0.25, 0.3) is 0 Å². The van der Waals surface area contributed by atoms with Gasteiger partial charge in [0, 0.05) is 31.9 Å². The Kier molecular flexibility index (Phi) is 3.57. The van der Waals surface area contributed by atoms with E-state index in [2.05, 4.69) is 10.2 Å². The molecule has 1 saturated heterocycles. The van der Waals surface area contributed by atoms with Gasteiger partial charge in [0.05, 0.1) is 6.42 Å². The molecule has 1 fully saturated rings. The zero-order chi connectivity index (χ0) is 12.3. The SMILES string of the molecule is FC(F)(F)Cc1ccc(N2CCNCC2)cc1. The molecule has 0 spiro atoms. The van der Waals surface area contributed by atoms with Crippen LogP contribution in [0.5, 0.6) is 0 Å². The van der Waals surface area contributed by atoms with Crippen LogP contribution in [0.4, 0.5) is 18.9 Å². The lowest BCUT2D eigenvalue weighted by atomic mass is 10.1. The molecule has 1 aromatic carbocycles. The van der Waals surface area contributed by atoms with Crippen LogP contribution >= 0.6 is 0 Å². The number of rotatable bonds is 2. The van der Waals surface area contributed by atoms with Crippen molar-refractivity contribution in [3.05, 3.63) is 29.8 Å². The standard InChI is InChI=1S/C12H15F3N2/c13-12(14,15)9-10-1-3-11(4-2-10)17-7-5-16-6-8-17/h1-4,16H,5-9H2. The van der Waals surface area contributed by atoms with E-state index < -0.39 is 12.6 Å². The van der Waals surface area contributed by atoms with Gasteiger partial charge in [-0.05, 0) is 17.7 Å². The monoisotopic (exact) mass is 244 g/mol. The average Bonchev–Trinajstić information content (AvgIpc) is 2.29. The first kappa shape index (κ1) is 12.2. The summed E-state index contributed by atoms with van der Waals surface area (Å²) in [5.74, 6) is 0. The second kappa shape index (κ2) is 4.96. The lowest BCUT2D eigenvalue weighted by Gasteiger charge is -2.29. The van der Waals surface area contributed by atoms with Crippen LogP contribution in [0.2, 0.25) is 0 Å². The van der Waals surface area contributed by atoms with Crippen LogP contribution in [0.3, 0.4) is 0 Å². The highest BCUT2D eigenvalue weighted by Gasteiger charge is 2.27. The molecule has 0 amide bonds. The summed E-state index contributed by atoms with van der Waals surface area (Å²) in [6.07, 6.45) is -4.98. The smallest absolute Gasteiger partial charge is 0.369 e. The molecule has 1 aromatic rings. The Hall–Kier alpha value is -1.23. The maximum atomic E-state index is 12.2. The van der Waals surface area contributed by atoms with Gasteiger partial charge >= 0.3 is 6.18 Å². The quantitative estimate of drug-likeness (QED) is 0.858. The molecule has 0 atom stereocenters. The Morgan fingerprint density at radius 3 is 2.18 bits per heavy atom. The molecule has 5 heteroatoms. The third-order valence-electron chi connectivity index (χ3n) is 2.82. The van der Waals surface area contributed by atoms with Crippen molar-refractivity contribution in [2.75, 3.05) is 31.1 Å². The Morgan fingerprint density at radius 1 is 1.06 bits per heavy atom. The molecule has 94 valence electrons. The fourth-order valence-electron chi connectivity index (χ4n) is 1.98. The molecule has 0 unspecified atom stereocenters. The molecule has 17 heavy (non-hydrogen) atoms. The topological polar surface area (TPSA) is 15.3 Å². The van der Waals surface area contributed by atoms with E-state index in [0.29, 0.717) is 5.56 Å². The Bertz CT molecular complexity index is 353. The molecule has 1 heterocycles. The summed E-state index contributed by atoms with van der Waals surface area (Å²) < 4.78 is 36.5. The molecule has 0 aromatic heterocycles. The number of halogens is 3. The number of piperazine rings is 1. The molecular formula is C12H15F3N2. The third kappa shape index (κ3) is 3.63. The first-order valence-electron chi connectivity index (χ1n) is 5.66. The molecule has 2 rings (SSSR count). The van der Waals surface area contributed by atoms with Crippen molar-refractivity contribution in [2.45, 2.75) is 12.6 Å². The summed E-state index contributed by atoms with van der Waals surface area (Å²) in [5.41, 5.74) is 1.31. The summed E-state index contributed by atoms with van der Waals surface area (Å²) in [7, 11) is 0. The van der Waals surface area contributed by atoms with Crippen molar-refractivity contribution in [1.82, 2.24) is 5.32 Å². The summed E-state index contributed by atoms with van der Waals surface area (Å²) in [4.78, 5) is 2.17. The minimum absolute atomic E-state index is 0.316. The Labute approximate surface area is 98.4 Å². The van der Waals surface area contributed by atoms with Crippen molar-refractivity contribution in [3.8, 4) is 0 Å². The fourth-order valence-corrected chi connectivity index (χ4v) is 1.98. The molecule has 2 nitrogen and oxygen atoms in total. The van der Waals surface area contributed by atoms with Crippen molar-refractivity contribution in [3.63, 3.8) is 0 Å². The zero-order valence-electron chi connectivity index (χ0n) is 9.43. The first-order valence-corrected chi connectivity index (χ1v) is 5.66. The predicted octanol–water partition coefficient (Wildman–Crippen LogP) is 2.20. The molecule has 0 bridgehead atoms. The van der Waals surface area contributed by atoms with Gasteiger partial charge in [-0.15, -0.1) is 0 Å². The van der Waals surface area contributed by atoms with Gasteiger partial charge in [-0.3, -0.25) is 0 Å². The summed E-state index contributed by atoms with van der Waals surface area (Å²) in [5, 5.41) is 3.24. The highest BCUT2D eigenvalue weighted by Crippen LogP contribution is 2.23. The molecule has 1 aliphatic heterocycles. The highest BCUT2D eigenvalue weighted by molar-refractivity contribution is 5.48. The molecule has 0 saturated carbocycles. The Balaban J connectivity index is 2.02. The van der Waals surface area contributed by atoms with Crippen molar-refractivity contribution < 1.29 is 13.2 Å². The maximum absolute atomic E-state index is 12.2. The molecule has 0 aliphatic carbocycles. The zero-order valence-corrected chi connectivity index (χ0v) is 9.43. The minimum atomic E-state index is -4.13. The third-order valence-corrected chi connectivity index (χ3v) is 2.82. The molecule has 1 aliphatic rings. The van der Waals surface area contributed by atoms with Gasteiger partial charge in [0.15, 0.2) is 0 Å². The lowest BCUT2D eigenvalue weighted by molar-refractivity contribution is -0.127. The first-order chi connectivity index (χ1) is 8.04. The van der Waals surface area contributed by atoms with Crippen LogP contribution in [-0.4, -0.2) is 32.4 Å². The van der Waals surface area contributed by atoms with E-state index in [1.807, 2.05) is 0 Å². The van der Waals surface area contributed by atoms with Crippen LogP contribution in [0.25, 0.3) is 0 Å². The molecule has 0 radical (unpaired) electrons. The van der Waals surface area contributed by atoms with Gasteiger partial charge in [-0.1, -0.05) is 12.1 Å². The van der Waals surface area contributed by atoms with E-state index in [9.17, 15) is 13.2 Å². The molecule has 1 N–H and O–H groups in total. The van der Waals surface area contributed by atoms with Gasteiger partial charge in [0.2, 0.25) is 0 Å². The van der Waals surface area contributed by atoms with Gasteiger partial charge in [-0.25, -0.2) is 0 Å². The van der Waals surface area contributed by atoms with Crippen molar-refractivity contribution >= 4 is 5.69 Å². The van der Waals surface area contributed by atoms with Crippen LogP contribution in [0.1, 0.15) is 5.56 Å². The number of anilines is 1. The summed E-state index contributed by atoms with van der Waals surface area (Å²) in [6.45, 7) is 3.64. The number of nitrogens with one attached hydrogen (secondary N) is 1. The minimum Gasteiger partial charge on any atom is -0.369 e. The van der Waals surface area contributed by atoms with E-state index in [1.54, 1.807) is 24.3 Å². The largest absolute Gasteiger partial charge is 0.393 e. The number of hydrogen-bond acceptors (Lipinski definition) is 2. The Morgan fingerprint density at radius 2 is 1.65 bits per heavy atom. The van der Waals surface area contributed by atoms with E-state index >= 15 is 0 Å². The fraction of sp³-hybridized carbons (Fsp3) is 0.500. The van der Waals surface area contributed by atoms with Crippen LogP contribution in [-0.2, 0) is 6.42 Å². The van der Waals surface area contributed by atoms with E-state index in [-0.39, 0.29) is 0 Å². The second-order valence-corrected chi connectivity index (χ2v) is 4.20. The average molecular weight is 244 g/mol. The van der Waals surface area contributed by atoms with Crippen LogP contribution in [0.15, 0.2) is 24.3 Å². The highest BCUT2D eigenvalue weighted by atomic mass is 19.4. The van der Waals surface area contributed by atoms with Gasteiger partial charge in [0.1, 0.15) is 0 Å². The van der Waals surface area contributed by atoms with Gasteiger partial charge < -0.3 is 10.2 Å².